The van der Waals surface area contributed by atoms with Crippen LogP contribution in [0.1, 0.15) is 41.5 Å². The second-order valence-electron chi connectivity index (χ2n) is 7.02. The highest BCUT2D eigenvalue weighted by Crippen LogP contribution is 2.23. The molecule has 3 rings (SSSR count). The minimum absolute atomic E-state index is 0.0814. The van der Waals surface area contributed by atoms with E-state index in [0.717, 1.165) is 49.6 Å². The number of halogens is 1. The molecule has 5 nitrogen and oxygen atoms in total. The summed E-state index contributed by atoms with van der Waals surface area (Å²) in [6.45, 7) is 9.24. The maximum Gasteiger partial charge on any atom is 0.253 e. The van der Waals surface area contributed by atoms with Gasteiger partial charge in [0.25, 0.3) is 5.91 Å². The lowest BCUT2D eigenvalue weighted by Gasteiger charge is -2.36. The van der Waals surface area contributed by atoms with Crippen molar-refractivity contribution in [3.8, 4) is 5.69 Å². The Balaban J connectivity index is 1.71. The number of carbonyl (C=O) groups excluding carboxylic acids is 1. The van der Waals surface area contributed by atoms with Crippen molar-refractivity contribution in [3.05, 3.63) is 46.2 Å². The SMILES string of the molecule is CCN1CCC(N(C)C(=O)c2ccc(-n3nc(C)c(Cl)c3C)cc2)CC1. The minimum Gasteiger partial charge on any atom is -0.339 e. The molecule has 0 unspecified atom stereocenters. The first-order valence-electron chi connectivity index (χ1n) is 9.24. The Kier molecular flexibility index (Phi) is 5.68. The topological polar surface area (TPSA) is 41.4 Å². The lowest BCUT2D eigenvalue weighted by atomic mass is 10.0. The molecule has 0 saturated carbocycles. The van der Waals surface area contributed by atoms with Crippen molar-refractivity contribution in [2.24, 2.45) is 0 Å². The third kappa shape index (κ3) is 3.64. The van der Waals surface area contributed by atoms with Gasteiger partial charge in [-0.1, -0.05) is 18.5 Å². The fourth-order valence-electron chi connectivity index (χ4n) is 3.61. The first-order chi connectivity index (χ1) is 12.4. The van der Waals surface area contributed by atoms with E-state index in [1.807, 2.05) is 54.7 Å². The standard InChI is InChI=1S/C20H27ClN4O/c1-5-24-12-10-17(11-13-24)23(4)20(26)16-6-8-18(9-7-16)25-15(3)19(21)14(2)22-25/h6-9,17H,5,10-13H2,1-4H3. The summed E-state index contributed by atoms with van der Waals surface area (Å²) in [5.41, 5.74) is 3.33. The quantitative estimate of drug-likeness (QED) is 0.819. The molecular weight excluding hydrogens is 348 g/mol. The Hall–Kier alpha value is -1.85. The highest BCUT2D eigenvalue weighted by atomic mass is 35.5. The molecule has 0 N–H and O–H groups in total. The first-order valence-corrected chi connectivity index (χ1v) is 9.61. The zero-order chi connectivity index (χ0) is 18.8. The Bertz CT molecular complexity index is 776. The average molecular weight is 375 g/mol. The Labute approximate surface area is 160 Å². The van der Waals surface area contributed by atoms with E-state index in [0.29, 0.717) is 16.6 Å². The molecule has 1 fully saturated rings. The van der Waals surface area contributed by atoms with Crippen LogP contribution < -0.4 is 0 Å². The van der Waals surface area contributed by atoms with E-state index < -0.39 is 0 Å². The van der Waals surface area contributed by atoms with Gasteiger partial charge < -0.3 is 9.80 Å². The first kappa shape index (κ1) is 18.9. The number of aryl methyl sites for hydroxylation is 1. The summed E-state index contributed by atoms with van der Waals surface area (Å²) in [6.07, 6.45) is 2.08. The molecule has 0 radical (unpaired) electrons. The Morgan fingerprint density at radius 1 is 1.23 bits per heavy atom. The summed E-state index contributed by atoms with van der Waals surface area (Å²) in [7, 11) is 1.92. The number of aromatic nitrogens is 2. The van der Waals surface area contributed by atoms with Crippen molar-refractivity contribution in [2.45, 2.75) is 39.7 Å². The third-order valence-electron chi connectivity index (χ3n) is 5.43. The van der Waals surface area contributed by atoms with E-state index in [2.05, 4.69) is 16.9 Å². The van der Waals surface area contributed by atoms with Crippen LogP contribution in [0.25, 0.3) is 5.69 Å². The van der Waals surface area contributed by atoms with Crippen molar-refractivity contribution in [1.82, 2.24) is 19.6 Å². The van der Waals surface area contributed by atoms with Crippen molar-refractivity contribution < 1.29 is 4.79 Å². The van der Waals surface area contributed by atoms with E-state index in [4.69, 9.17) is 11.6 Å². The van der Waals surface area contributed by atoms with Gasteiger partial charge in [-0.25, -0.2) is 4.68 Å². The van der Waals surface area contributed by atoms with Gasteiger partial charge in [-0.3, -0.25) is 4.79 Å². The van der Waals surface area contributed by atoms with Crippen LogP contribution in [0.15, 0.2) is 24.3 Å². The van der Waals surface area contributed by atoms with Gasteiger partial charge in [-0.15, -0.1) is 0 Å². The molecule has 0 bridgehead atoms. The number of nitrogens with zero attached hydrogens (tertiary/aromatic N) is 4. The van der Waals surface area contributed by atoms with Gasteiger partial charge in [0.15, 0.2) is 0 Å². The number of benzene rings is 1. The Morgan fingerprint density at radius 2 is 1.85 bits per heavy atom. The van der Waals surface area contributed by atoms with E-state index in [9.17, 15) is 4.79 Å². The fraction of sp³-hybridized carbons (Fsp3) is 0.500. The molecule has 1 aliphatic rings. The second-order valence-corrected chi connectivity index (χ2v) is 7.40. The lowest BCUT2D eigenvalue weighted by molar-refractivity contribution is 0.0647. The normalized spacial score (nSPS) is 16.0. The van der Waals surface area contributed by atoms with Gasteiger partial charge in [0.2, 0.25) is 0 Å². The summed E-state index contributed by atoms with van der Waals surface area (Å²) in [4.78, 5) is 17.2. The molecule has 140 valence electrons. The monoisotopic (exact) mass is 374 g/mol. The molecule has 1 saturated heterocycles. The van der Waals surface area contributed by atoms with Crippen LogP contribution in [0.2, 0.25) is 5.02 Å². The predicted octanol–water partition coefficient (Wildman–Crippen LogP) is 3.70. The van der Waals surface area contributed by atoms with Gasteiger partial charge in [-0.2, -0.15) is 5.10 Å². The number of carbonyl (C=O) groups is 1. The lowest BCUT2D eigenvalue weighted by Crippen LogP contribution is -2.45. The number of likely N-dealkylation sites (tertiary alicyclic amines) is 1. The van der Waals surface area contributed by atoms with Crippen molar-refractivity contribution in [1.29, 1.82) is 0 Å². The highest BCUT2D eigenvalue weighted by molar-refractivity contribution is 6.31. The molecule has 1 aliphatic heterocycles. The predicted molar refractivity (Wildman–Crippen MR) is 105 cm³/mol. The molecule has 1 amide bonds. The summed E-state index contributed by atoms with van der Waals surface area (Å²) in [5.74, 6) is 0.0814. The van der Waals surface area contributed by atoms with E-state index in [1.54, 1.807) is 0 Å². The molecule has 0 aliphatic carbocycles. The maximum absolute atomic E-state index is 12.8. The van der Waals surface area contributed by atoms with Gasteiger partial charge in [-0.05, 0) is 57.5 Å². The van der Waals surface area contributed by atoms with E-state index in [1.165, 1.54) is 0 Å². The van der Waals surface area contributed by atoms with Crippen LogP contribution in [0.4, 0.5) is 0 Å². The summed E-state index contributed by atoms with van der Waals surface area (Å²) < 4.78 is 1.82. The molecule has 2 heterocycles. The molecule has 26 heavy (non-hydrogen) atoms. The molecule has 2 aromatic rings. The summed E-state index contributed by atoms with van der Waals surface area (Å²) >= 11 is 6.23. The number of hydrogen-bond acceptors (Lipinski definition) is 3. The van der Waals surface area contributed by atoms with Crippen molar-refractivity contribution in [3.63, 3.8) is 0 Å². The Morgan fingerprint density at radius 3 is 2.35 bits per heavy atom. The maximum atomic E-state index is 12.8. The molecule has 1 aromatic heterocycles. The van der Waals surface area contributed by atoms with Crippen LogP contribution >= 0.6 is 11.6 Å². The van der Waals surface area contributed by atoms with Gasteiger partial charge in [0, 0.05) is 31.7 Å². The van der Waals surface area contributed by atoms with Crippen LogP contribution in [-0.4, -0.2) is 58.2 Å². The number of hydrogen-bond donors (Lipinski definition) is 0. The van der Waals surface area contributed by atoms with Crippen molar-refractivity contribution in [2.75, 3.05) is 26.7 Å². The molecule has 6 heteroatoms. The molecular formula is C20H27ClN4O. The fourth-order valence-corrected chi connectivity index (χ4v) is 3.73. The van der Waals surface area contributed by atoms with Crippen LogP contribution in [0, 0.1) is 13.8 Å². The highest BCUT2D eigenvalue weighted by Gasteiger charge is 2.25. The zero-order valence-electron chi connectivity index (χ0n) is 16.0. The molecule has 1 aromatic carbocycles. The summed E-state index contributed by atoms with van der Waals surface area (Å²) in [5, 5.41) is 5.15. The smallest absolute Gasteiger partial charge is 0.253 e. The minimum atomic E-state index is 0.0814. The second kappa shape index (κ2) is 7.80. The largest absolute Gasteiger partial charge is 0.339 e. The van der Waals surface area contributed by atoms with E-state index in [-0.39, 0.29) is 5.91 Å². The van der Waals surface area contributed by atoms with Crippen LogP contribution in [0.5, 0.6) is 0 Å². The average Bonchev–Trinajstić information content (AvgIpc) is 2.94. The van der Waals surface area contributed by atoms with Gasteiger partial charge in [0.05, 0.1) is 22.1 Å². The summed E-state index contributed by atoms with van der Waals surface area (Å²) in [6, 6.07) is 7.92. The number of amides is 1. The molecule has 0 atom stereocenters. The number of rotatable bonds is 4. The van der Waals surface area contributed by atoms with Crippen LogP contribution in [0.3, 0.4) is 0 Å². The van der Waals surface area contributed by atoms with Gasteiger partial charge >= 0.3 is 0 Å². The number of piperidine rings is 1. The molecule has 0 spiro atoms. The van der Waals surface area contributed by atoms with Crippen molar-refractivity contribution >= 4 is 17.5 Å². The van der Waals surface area contributed by atoms with Crippen LogP contribution in [-0.2, 0) is 0 Å². The zero-order valence-corrected chi connectivity index (χ0v) is 16.8. The van der Waals surface area contributed by atoms with Gasteiger partial charge in [0.1, 0.15) is 0 Å². The third-order valence-corrected chi connectivity index (χ3v) is 5.98. The van der Waals surface area contributed by atoms with E-state index >= 15 is 0 Å².